The predicted molar refractivity (Wildman–Crippen MR) is 58.7 cm³/mol. The van der Waals surface area contributed by atoms with Crippen LogP contribution in [-0.4, -0.2) is 4.98 Å². The lowest BCUT2D eigenvalue weighted by molar-refractivity contribution is 0.737. The van der Waals surface area contributed by atoms with Gasteiger partial charge in [0, 0.05) is 22.3 Å². The maximum atomic E-state index is 5.88. The van der Waals surface area contributed by atoms with Crippen LogP contribution in [0.15, 0.2) is 29.4 Å². The molecule has 0 saturated heterocycles. The Balaban J connectivity index is 2.97. The first kappa shape index (κ1) is 10.7. The van der Waals surface area contributed by atoms with Gasteiger partial charge >= 0.3 is 0 Å². The molecule has 2 nitrogen and oxygen atoms in total. The number of halogens is 2. The van der Waals surface area contributed by atoms with Crippen LogP contribution in [0.5, 0.6) is 0 Å². The van der Waals surface area contributed by atoms with Gasteiger partial charge in [-0.15, -0.1) is 6.58 Å². The summed E-state index contributed by atoms with van der Waals surface area (Å²) < 4.78 is 0.881. The quantitative estimate of drug-likeness (QED) is 0.671. The molecular formula is C9H10BrClN2. The van der Waals surface area contributed by atoms with Crippen LogP contribution >= 0.6 is 27.5 Å². The maximum Gasteiger partial charge on any atom is 0.133 e. The Bertz CT molecular complexity index is 314. The Morgan fingerprint density at radius 2 is 2.46 bits per heavy atom. The van der Waals surface area contributed by atoms with Crippen molar-refractivity contribution in [3.63, 3.8) is 0 Å². The van der Waals surface area contributed by atoms with Crippen molar-refractivity contribution in [1.82, 2.24) is 4.98 Å². The Morgan fingerprint density at radius 1 is 1.77 bits per heavy atom. The van der Waals surface area contributed by atoms with E-state index in [4.69, 9.17) is 17.3 Å². The van der Waals surface area contributed by atoms with Gasteiger partial charge in [-0.25, -0.2) is 4.98 Å². The highest BCUT2D eigenvalue weighted by Crippen LogP contribution is 2.24. The monoisotopic (exact) mass is 260 g/mol. The van der Waals surface area contributed by atoms with Crippen molar-refractivity contribution < 1.29 is 0 Å². The Hall–Kier alpha value is -0.380. The predicted octanol–water partition coefficient (Wildman–Crippen LogP) is 3.07. The van der Waals surface area contributed by atoms with E-state index in [1.165, 1.54) is 0 Å². The van der Waals surface area contributed by atoms with Gasteiger partial charge in [-0.2, -0.15) is 0 Å². The number of hydrogen-bond donors (Lipinski definition) is 1. The van der Waals surface area contributed by atoms with Gasteiger partial charge in [0.05, 0.1) is 0 Å². The van der Waals surface area contributed by atoms with E-state index in [2.05, 4.69) is 27.5 Å². The Morgan fingerprint density at radius 3 is 3.08 bits per heavy atom. The lowest BCUT2D eigenvalue weighted by Crippen LogP contribution is -2.10. The third-order valence-electron chi connectivity index (χ3n) is 1.65. The fourth-order valence-corrected chi connectivity index (χ4v) is 1.60. The van der Waals surface area contributed by atoms with Crippen LogP contribution in [0, 0.1) is 0 Å². The average molecular weight is 262 g/mol. The van der Waals surface area contributed by atoms with Crippen LogP contribution in [0.25, 0.3) is 0 Å². The number of rotatable bonds is 3. The third-order valence-corrected chi connectivity index (χ3v) is 2.40. The van der Waals surface area contributed by atoms with E-state index in [1.54, 1.807) is 12.3 Å². The van der Waals surface area contributed by atoms with Gasteiger partial charge in [-0.1, -0.05) is 17.7 Å². The minimum Gasteiger partial charge on any atom is -0.324 e. The van der Waals surface area contributed by atoms with E-state index in [-0.39, 0.29) is 6.04 Å². The van der Waals surface area contributed by atoms with Crippen molar-refractivity contribution in [1.29, 1.82) is 0 Å². The Labute approximate surface area is 90.9 Å². The average Bonchev–Trinajstić information content (AvgIpc) is 2.09. The molecule has 1 unspecified atom stereocenters. The number of nitrogens with zero attached hydrogens (tertiary/aromatic N) is 1. The summed E-state index contributed by atoms with van der Waals surface area (Å²) in [4.78, 5) is 3.99. The summed E-state index contributed by atoms with van der Waals surface area (Å²) in [5.41, 5.74) is 6.70. The molecule has 0 spiro atoms. The largest absolute Gasteiger partial charge is 0.324 e. The first-order valence-electron chi connectivity index (χ1n) is 3.82. The number of nitrogens with two attached hydrogens (primary N) is 1. The fourth-order valence-electron chi connectivity index (χ4n) is 1.00. The summed E-state index contributed by atoms with van der Waals surface area (Å²) in [6.07, 6.45) is 4.10. The summed E-state index contributed by atoms with van der Waals surface area (Å²) in [7, 11) is 0. The second-order valence-electron chi connectivity index (χ2n) is 2.66. The molecule has 0 aliphatic rings. The van der Waals surface area contributed by atoms with E-state index in [1.807, 2.05) is 6.07 Å². The SMILES string of the molecule is C=CCC(N)c1cc(Br)cnc1Cl. The molecule has 0 aliphatic carbocycles. The minimum absolute atomic E-state index is 0.130. The molecule has 1 heterocycles. The van der Waals surface area contributed by atoms with Crippen LogP contribution in [0.1, 0.15) is 18.0 Å². The van der Waals surface area contributed by atoms with Gasteiger partial charge in [0.25, 0.3) is 0 Å². The molecule has 1 rings (SSSR count). The maximum absolute atomic E-state index is 5.88. The van der Waals surface area contributed by atoms with E-state index >= 15 is 0 Å². The van der Waals surface area contributed by atoms with E-state index in [0.29, 0.717) is 11.6 Å². The minimum atomic E-state index is -0.130. The molecule has 0 fully saturated rings. The van der Waals surface area contributed by atoms with Crippen LogP contribution < -0.4 is 5.73 Å². The summed E-state index contributed by atoms with van der Waals surface area (Å²) >= 11 is 9.19. The standard InChI is InChI=1S/C9H10BrClN2/c1-2-3-8(12)7-4-6(10)5-13-9(7)11/h2,4-5,8H,1,3,12H2. The molecule has 0 radical (unpaired) electrons. The number of aromatic nitrogens is 1. The first-order valence-corrected chi connectivity index (χ1v) is 4.99. The lowest BCUT2D eigenvalue weighted by Gasteiger charge is -2.10. The molecule has 2 N–H and O–H groups in total. The molecular weight excluding hydrogens is 251 g/mol. The normalized spacial score (nSPS) is 12.5. The van der Waals surface area contributed by atoms with Gasteiger partial charge in [0.1, 0.15) is 5.15 Å². The smallest absolute Gasteiger partial charge is 0.133 e. The van der Waals surface area contributed by atoms with Crippen LogP contribution in [-0.2, 0) is 0 Å². The number of hydrogen-bond acceptors (Lipinski definition) is 2. The van der Waals surface area contributed by atoms with Crippen molar-refractivity contribution >= 4 is 27.5 Å². The first-order chi connectivity index (χ1) is 6.15. The molecule has 1 aromatic heterocycles. The second-order valence-corrected chi connectivity index (χ2v) is 3.94. The molecule has 70 valence electrons. The highest BCUT2D eigenvalue weighted by Gasteiger charge is 2.09. The van der Waals surface area contributed by atoms with Gasteiger partial charge in [-0.3, -0.25) is 0 Å². The second kappa shape index (κ2) is 4.74. The molecule has 0 bridgehead atoms. The molecule has 0 aromatic carbocycles. The van der Waals surface area contributed by atoms with Gasteiger partial charge in [0.15, 0.2) is 0 Å². The molecule has 1 atom stereocenters. The molecule has 13 heavy (non-hydrogen) atoms. The van der Waals surface area contributed by atoms with Crippen LogP contribution in [0.2, 0.25) is 5.15 Å². The van der Waals surface area contributed by atoms with Crippen molar-refractivity contribution in [2.75, 3.05) is 0 Å². The van der Waals surface area contributed by atoms with Crippen molar-refractivity contribution in [3.8, 4) is 0 Å². The molecule has 1 aromatic rings. The summed E-state index contributed by atoms with van der Waals surface area (Å²) in [5, 5.41) is 0.456. The molecule has 0 saturated carbocycles. The van der Waals surface area contributed by atoms with E-state index < -0.39 is 0 Å². The van der Waals surface area contributed by atoms with Crippen molar-refractivity contribution in [3.05, 3.63) is 40.1 Å². The number of pyridine rings is 1. The topological polar surface area (TPSA) is 38.9 Å². The molecule has 0 aliphatic heterocycles. The van der Waals surface area contributed by atoms with Crippen LogP contribution in [0.3, 0.4) is 0 Å². The zero-order chi connectivity index (χ0) is 9.84. The summed E-state index contributed by atoms with van der Waals surface area (Å²) in [5.74, 6) is 0. The third kappa shape index (κ3) is 2.79. The summed E-state index contributed by atoms with van der Waals surface area (Å²) in [6.45, 7) is 3.62. The van der Waals surface area contributed by atoms with Crippen molar-refractivity contribution in [2.45, 2.75) is 12.5 Å². The fraction of sp³-hybridized carbons (Fsp3) is 0.222. The Kier molecular flexibility index (Phi) is 3.90. The zero-order valence-corrected chi connectivity index (χ0v) is 9.35. The van der Waals surface area contributed by atoms with Gasteiger partial charge in [0.2, 0.25) is 0 Å². The zero-order valence-electron chi connectivity index (χ0n) is 7.00. The van der Waals surface area contributed by atoms with E-state index in [9.17, 15) is 0 Å². The molecule has 0 amide bonds. The summed E-state index contributed by atoms with van der Waals surface area (Å²) in [6, 6.07) is 1.75. The van der Waals surface area contributed by atoms with Gasteiger partial charge in [-0.05, 0) is 28.4 Å². The highest BCUT2D eigenvalue weighted by molar-refractivity contribution is 9.10. The van der Waals surface area contributed by atoms with Crippen molar-refractivity contribution in [2.24, 2.45) is 5.73 Å². The molecule has 4 heteroatoms. The van der Waals surface area contributed by atoms with Crippen LogP contribution in [0.4, 0.5) is 0 Å². The van der Waals surface area contributed by atoms with E-state index in [0.717, 1.165) is 10.0 Å². The van der Waals surface area contributed by atoms with Gasteiger partial charge < -0.3 is 5.73 Å². The highest BCUT2D eigenvalue weighted by atomic mass is 79.9. The lowest BCUT2D eigenvalue weighted by atomic mass is 10.1.